The number of nitrogens with two attached hydrogens (primary N) is 2. The van der Waals surface area contributed by atoms with Crippen LogP contribution < -0.4 is 25.8 Å². The molecule has 0 fully saturated rings. The first-order valence-corrected chi connectivity index (χ1v) is 17.5. The highest BCUT2D eigenvalue weighted by molar-refractivity contribution is 6.13. The third kappa shape index (κ3) is 10.0. The monoisotopic (exact) mass is 709 g/mol. The molecular formula is C39H51N9O4. The highest BCUT2D eigenvalue weighted by atomic mass is 16.5. The van der Waals surface area contributed by atoms with Crippen molar-refractivity contribution in [3.05, 3.63) is 83.1 Å². The fraction of sp³-hybridized carbons (Fsp3) is 0.385. The highest BCUT2D eigenvalue weighted by Gasteiger charge is 2.23. The van der Waals surface area contributed by atoms with Crippen LogP contribution in [0.3, 0.4) is 0 Å². The van der Waals surface area contributed by atoms with Crippen LogP contribution in [0.1, 0.15) is 62.9 Å². The maximum absolute atomic E-state index is 13.5. The average molecular weight is 710 g/mol. The quantitative estimate of drug-likeness (QED) is 0.143. The maximum atomic E-state index is 13.5. The lowest BCUT2D eigenvalue weighted by Crippen LogP contribution is -2.43. The van der Waals surface area contributed by atoms with Gasteiger partial charge in [-0.15, -0.1) is 0 Å². The first-order valence-electron chi connectivity index (χ1n) is 17.5. The third-order valence-electron chi connectivity index (χ3n) is 8.73. The van der Waals surface area contributed by atoms with Gasteiger partial charge in [-0.1, -0.05) is 37.3 Å². The highest BCUT2D eigenvalue weighted by Crippen LogP contribution is 2.31. The maximum Gasteiger partial charge on any atom is 0.237 e. The fourth-order valence-electron chi connectivity index (χ4n) is 5.82. The molecule has 0 aliphatic carbocycles. The van der Waals surface area contributed by atoms with E-state index in [0.29, 0.717) is 67.1 Å². The topological polar surface area (TPSA) is 176 Å². The second-order valence-electron chi connectivity index (χ2n) is 12.6. The predicted molar refractivity (Wildman–Crippen MR) is 209 cm³/mol. The minimum Gasteiger partial charge on any atom is -0.493 e. The van der Waals surface area contributed by atoms with Gasteiger partial charge in [0.1, 0.15) is 23.7 Å². The second-order valence-corrected chi connectivity index (χ2v) is 12.6. The van der Waals surface area contributed by atoms with E-state index in [2.05, 4.69) is 21.0 Å². The summed E-state index contributed by atoms with van der Waals surface area (Å²) in [6.07, 6.45) is 4.41. The number of methoxy groups -OCH3 is 1. The molecule has 2 amide bonds. The summed E-state index contributed by atoms with van der Waals surface area (Å²) in [4.78, 5) is 44.8. The number of nitrogen functional groups attached to an aromatic ring is 1. The van der Waals surface area contributed by atoms with Gasteiger partial charge in [-0.2, -0.15) is 0 Å². The van der Waals surface area contributed by atoms with Crippen molar-refractivity contribution in [3.8, 4) is 11.5 Å². The fourth-order valence-corrected chi connectivity index (χ4v) is 5.82. The van der Waals surface area contributed by atoms with Crippen LogP contribution >= 0.6 is 0 Å². The Morgan fingerprint density at radius 2 is 1.79 bits per heavy atom. The molecule has 1 aliphatic heterocycles. The Hall–Kier alpha value is -5.56. The van der Waals surface area contributed by atoms with Gasteiger partial charge in [0.15, 0.2) is 11.5 Å². The Bertz CT molecular complexity index is 1820. The summed E-state index contributed by atoms with van der Waals surface area (Å²) in [5, 5.41) is 8.90. The molecule has 13 heteroatoms. The Kier molecular flexibility index (Phi) is 14.0. The van der Waals surface area contributed by atoms with E-state index < -0.39 is 0 Å². The number of hydrogen-bond donors (Lipinski definition) is 3. The molecule has 0 saturated carbocycles. The van der Waals surface area contributed by atoms with Crippen molar-refractivity contribution < 1.29 is 19.1 Å². The van der Waals surface area contributed by atoms with Gasteiger partial charge in [-0.3, -0.25) is 29.8 Å². The molecule has 0 radical (unpaired) electrons. The molecule has 3 aromatic rings. The van der Waals surface area contributed by atoms with E-state index in [0.717, 1.165) is 17.5 Å². The number of benzene rings is 2. The van der Waals surface area contributed by atoms with Crippen LogP contribution in [0.25, 0.3) is 5.57 Å². The third-order valence-corrected chi connectivity index (χ3v) is 8.73. The standard InChI is InChI=1S/C39H51N9O4/c1-7-46(24-36(50)47-21-17-28(18-22-47)27-9-11-29(12-10-27)39(42)44-25-43-5)20-19-35(49)48(8-2)34-16-14-31(40)38(45-34)37(41)30-13-15-32(52-26(3)4)33(23-30)51-6/h9-17,23,25-26,41H,7-8,18-22,24,40H2,1-6H3,(H2,42,43,44). The number of rotatable bonds is 16. The number of hydrogen-bond acceptors (Lipinski definition) is 9. The van der Waals surface area contributed by atoms with Crippen LogP contribution in [0.2, 0.25) is 0 Å². The number of carbonyl (C=O) groups is 2. The van der Waals surface area contributed by atoms with Gasteiger partial charge >= 0.3 is 0 Å². The molecule has 1 aromatic heterocycles. The van der Waals surface area contributed by atoms with E-state index >= 15 is 0 Å². The molecule has 52 heavy (non-hydrogen) atoms. The van der Waals surface area contributed by atoms with E-state index in [1.54, 1.807) is 49.4 Å². The van der Waals surface area contributed by atoms with Gasteiger partial charge in [-0.25, -0.2) is 9.98 Å². The number of ether oxygens (including phenoxy) is 2. The molecular weight excluding hydrogens is 658 g/mol. The summed E-state index contributed by atoms with van der Waals surface area (Å²) in [5.41, 5.74) is 16.6. The van der Waals surface area contributed by atoms with Crippen molar-refractivity contribution in [3.63, 3.8) is 0 Å². The SMILES string of the molecule is CCN(CCC(=O)N(CC)c1ccc(N)c(C(=N)c2ccc(OC(C)C)c(OC)c2)n1)CC(=O)N1CC=C(c2ccc(C(N)=NC=NC)cc2)CC1. The Balaban J connectivity index is 1.35. The van der Waals surface area contributed by atoms with Crippen LogP contribution in [-0.4, -0.2) is 104 Å². The zero-order chi connectivity index (χ0) is 37.8. The first kappa shape index (κ1) is 39.2. The molecule has 276 valence electrons. The predicted octanol–water partition coefficient (Wildman–Crippen LogP) is 4.62. The molecule has 0 unspecified atom stereocenters. The molecule has 1 aliphatic rings. The summed E-state index contributed by atoms with van der Waals surface area (Å²) in [6, 6.07) is 16.5. The lowest BCUT2D eigenvalue weighted by molar-refractivity contribution is -0.132. The van der Waals surface area contributed by atoms with Gasteiger partial charge in [0.2, 0.25) is 11.8 Å². The molecule has 13 nitrogen and oxygen atoms in total. The molecule has 4 rings (SSSR count). The number of anilines is 2. The lowest BCUT2D eigenvalue weighted by atomic mass is 9.98. The van der Waals surface area contributed by atoms with E-state index in [1.807, 2.05) is 61.8 Å². The van der Waals surface area contributed by atoms with Crippen molar-refractivity contribution >= 4 is 46.8 Å². The average Bonchev–Trinajstić information content (AvgIpc) is 3.16. The van der Waals surface area contributed by atoms with E-state index in [4.69, 9.17) is 26.4 Å². The number of aromatic nitrogens is 1. The second kappa shape index (κ2) is 18.6. The summed E-state index contributed by atoms with van der Waals surface area (Å²) < 4.78 is 11.3. The summed E-state index contributed by atoms with van der Waals surface area (Å²) >= 11 is 0. The minimum atomic E-state index is -0.136. The van der Waals surface area contributed by atoms with Crippen LogP contribution in [0, 0.1) is 5.41 Å². The van der Waals surface area contributed by atoms with Gasteiger partial charge in [-0.05, 0) is 75.2 Å². The first-order chi connectivity index (χ1) is 25.0. The zero-order valence-corrected chi connectivity index (χ0v) is 31.1. The summed E-state index contributed by atoms with van der Waals surface area (Å²) in [5.74, 6) is 1.77. The normalized spacial score (nSPS) is 13.4. The Morgan fingerprint density at radius 1 is 1.06 bits per heavy atom. The van der Waals surface area contributed by atoms with Crippen LogP contribution in [0.15, 0.2) is 70.7 Å². The number of amides is 2. The van der Waals surface area contributed by atoms with E-state index in [-0.39, 0.29) is 42.3 Å². The molecule has 0 atom stereocenters. The van der Waals surface area contributed by atoms with Crippen LogP contribution in [0.4, 0.5) is 11.5 Å². The number of pyridine rings is 1. The van der Waals surface area contributed by atoms with Gasteiger partial charge in [0.05, 0.1) is 31.2 Å². The van der Waals surface area contributed by atoms with Crippen molar-refractivity contribution in [1.29, 1.82) is 5.41 Å². The Labute approximate surface area is 306 Å². The van der Waals surface area contributed by atoms with Crippen molar-refractivity contribution in [1.82, 2.24) is 14.8 Å². The summed E-state index contributed by atoms with van der Waals surface area (Å²) in [6.45, 7) is 10.5. The van der Waals surface area contributed by atoms with Crippen molar-refractivity contribution in [2.45, 2.75) is 46.6 Å². The van der Waals surface area contributed by atoms with Gasteiger partial charge in [0.25, 0.3) is 0 Å². The van der Waals surface area contributed by atoms with Crippen LogP contribution in [-0.2, 0) is 9.59 Å². The van der Waals surface area contributed by atoms with E-state index in [9.17, 15) is 9.59 Å². The number of carbonyl (C=O) groups excluding carboxylic acids is 2. The minimum absolute atomic E-state index is 0.0256. The number of nitrogens with zero attached hydrogens (tertiary/aromatic N) is 6. The zero-order valence-electron chi connectivity index (χ0n) is 31.1. The molecule has 0 bridgehead atoms. The summed E-state index contributed by atoms with van der Waals surface area (Å²) in [7, 11) is 3.19. The molecule has 2 aromatic carbocycles. The Morgan fingerprint density at radius 3 is 2.40 bits per heavy atom. The molecule has 2 heterocycles. The van der Waals surface area contributed by atoms with Crippen molar-refractivity contribution in [2.75, 3.05) is 64.1 Å². The number of amidine groups is 1. The van der Waals surface area contributed by atoms with Gasteiger partial charge in [0, 0.05) is 50.8 Å². The van der Waals surface area contributed by atoms with Crippen molar-refractivity contribution in [2.24, 2.45) is 15.7 Å². The van der Waals surface area contributed by atoms with Crippen LogP contribution in [0.5, 0.6) is 11.5 Å². The largest absolute Gasteiger partial charge is 0.493 e. The smallest absolute Gasteiger partial charge is 0.237 e. The number of aliphatic imine (C=N–C) groups is 2. The molecule has 0 saturated heterocycles. The number of likely N-dealkylation sites (N-methyl/N-ethyl adjacent to an activating group) is 1. The molecule has 0 spiro atoms. The number of nitrogens with one attached hydrogen (secondary N) is 1. The van der Waals surface area contributed by atoms with Gasteiger partial charge < -0.3 is 25.8 Å². The lowest BCUT2D eigenvalue weighted by Gasteiger charge is -2.30. The van der Waals surface area contributed by atoms with E-state index in [1.165, 1.54) is 11.9 Å². The molecule has 5 N–H and O–H groups in total.